The van der Waals surface area contributed by atoms with Gasteiger partial charge in [-0.15, -0.1) is 5.10 Å². The molecule has 1 aliphatic heterocycles. The van der Waals surface area contributed by atoms with Gasteiger partial charge >= 0.3 is 0 Å². The number of aromatic nitrogens is 3. The van der Waals surface area contributed by atoms with Crippen molar-refractivity contribution < 1.29 is 4.79 Å². The molecule has 1 aliphatic rings. The number of para-hydroxylation sites is 1. The predicted molar refractivity (Wildman–Crippen MR) is 98.3 cm³/mol. The summed E-state index contributed by atoms with van der Waals surface area (Å²) < 4.78 is 1.68. The number of carbonyl (C=O) groups excluding carboxylic acids is 1. The fraction of sp³-hybridized carbons (Fsp3) is 0.500. The summed E-state index contributed by atoms with van der Waals surface area (Å²) in [5.74, 6) is 1.14. The van der Waals surface area contributed by atoms with E-state index in [0.717, 1.165) is 43.9 Å². The molecule has 0 aliphatic carbocycles. The maximum atomic E-state index is 12.6. The fourth-order valence-electron chi connectivity index (χ4n) is 3.06. The number of hydrogen-bond donors (Lipinski definition) is 2. The van der Waals surface area contributed by atoms with Gasteiger partial charge in [-0.3, -0.25) is 4.79 Å². The van der Waals surface area contributed by atoms with Gasteiger partial charge in [0.05, 0.1) is 10.7 Å². The molecule has 7 heteroatoms. The molecular weight excluding hydrogens is 338 g/mol. The number of benzene rings is 1. The van der Waals surface area contributed by atoms with Crippen molar-refractivity contribution in [3.63, 3.8) is 0 Å². The van der Waals surface area contributed by atoms with Crippen molar-refractivity contribution in [2.24, 2.45) is 5.92 Å². The molecule has 1 aromatic carbocycles. The highest BCUT2D eigenvalue weighted by Gasteiger charge is 2.25. The number of rotatable bonds is 5. The molecule has 2 heterocycles. The summed E-state index contributed by atoms with van der Waals surface area (Å²) in [7, 11) is 0. The molecule has 2 unspecified atom stereocenters. The van der Waals surface area contributed by atoms with E-state index in [0.29, 0.717) is 10.9 Å². The Balaban J connectivity index is 1.86. The summed E-state index contributed by atoms with van der Waals surface area (Å²) in [5.41, 5.74) is 0.742. The van der Waals surface area contributed by atoms with Gasteiger partial charge in [0.2, 0.25) is 5.82 Å². The Morgan fingerprint density at radius 1 is 1.44 bits per heavy atom. The maximum absolute atomic E-state index is 12.6. The minimum absolute atomic E-state index is 0.100. The van der Waals surface area contributed by atoms with Crippen LogP contribution in [0.1, 0.15) is 43.1 Å². The first-order chi connectivity index (χ1) is 12.1. The van der Waals surface area contributed by atoms with E-state index in [1.54, 1.807) is 4.68 Å². The van der Waals surface area contributed by atoms with Crippen LogP contribution in [0.2, 0.25) is 5.02 Å². The van der Waals surface area contributed by atoms with E-state index in [4.69, 9.17) is 11.6 Å². The van der Waals surface area contributed by atoms with Crippen LogP contribution in [0.5, 0.6) is 0 Å². The molecule has 1 amide bonds. The van der Waals surface area contributed by atoms with Crippen molar-refractivity contribution in [3.05, 3.63) is 40.9 Å². The number of aryl methyl sites for hydroxylation is 1. The molecule has 2 atom stereocenters. The van der Waals surface area contributed by atoms with Crippen LogP contribution in [0.3, 0.4) is 0 Å². The molecule has 134 valence electrons. The summed E-state index contributed by atoms with van der Waals surface area (Å²) in [6, 6.07) is 7.55. The minimum atomic E-state index is -0.233. The smallest absolute Gasteiger partial charge is 0.291 e. The first-order valence-corrected chi connectivity index (χ1v) is 9.20. The Labute approximate surface area is 153 Å². The van der Waals surface area contributed by atoms with E-state index in [1.165, 1.54) is 0 Å². The monoisotopic (exact) mass is 361 g/mol. The quantitative estimate of drug-likeness (QED) is 0.858. The van der Waals surface area contributed by atoms with Crippen molar-refractivity contribution in [3.8, 4) is 5.69 Å². The van der Waals surface area contributed by atoms with Crippen molar-refractivity contribution in [2.45, 2.75) is 39.2 Å². The van der Waals surface area contributed by atoms with Gasteiger partial charge < -0.3 is 10.6 Å². The summed E-state index contributed by atoms with van der Waals surface area (Å²) in [4.78, 5) is 17.1. The van der Waals surface area contributed by atoms with E-state index < -0.39 is 0 Å². The third-order valence-corrected chi connectivity index (χ3v) is 4.90. The lowest BCUT2D eigenvalue weighted by Gasteiger charge is -2.29. The third kappa shape index (κ3) is 4.02. The first kappa shape index (κ1) is 17.9. The van der Waals surface area contributed by atoms with Crippen LogP contribution in [0.4, 0.5) is 0 Å². The maximum Gasteiger partial charge on any atom is 0.291 e. The average molecular weight is 362 g/mol. The number of nitrogens with zero attached hydrogens (tertiary/aromatic N) is 3. The van der Waals surface area contributed by atoms with Gasteiger partial charge in [0.1, 0.15) is 5.82 Å². The van der Waals surface area contributed by atoms with E-state index in [-0.39, 0.29) is 17.8 Å². The second kappa shape index (κ2) is 7.97. The molecular formula is C18H24ClN5O. The Morgan fingerprint density at radius 2 is 2.24 bits per heavy atom. The first-order valence-electron chi connectivity index (χ1n) is 8.82. The molecule has 2 aromatic rings. The van der Waals surface area contributed by atoms with Crippen LogP contribution < -0.4 is 10.6 Å². The van der Waals surface area contributed by atoms with Crippen LogP contribution in [0.25, 0.3) is 5.69 Å². The molecule has 1 aromatic heterocycles. The molecule has 1 saturated heterocycles. The summed E-state index contributed by atoms with van der Waals surface area (Å²) >= 11 is 6.30. The molecule has 0 radical (unpaired) electrons. The fourth-order valence-corrected chi connectivity index (χ4v) is 3.27. The predicted octanol–water partition coefficient (Wildman–Crippen LogP) is 2.60. The van der Waals surface area contributed by atoms with Gasteiger partial charge in [0.15, 0.2) is 0 Å². The van der Waals surface area contributed by atoms with E-state index >= 15 is 0 Å². The van der Waals surface area contributed by atoms with Gasteiger partial charge in [0.25, 0.3) is 5.91 Å². The normalized spacial score (nSPS) is 20.4. The highest BCUT2D eigenvalue weighted by molar-refractivity contribution is 6.32. The van der Waals surface area contributed by atoms with Crippen LogP contribution in [0, 0.1) is 5.92 Å². The Kier molecular flexibility index (Phi) is 5.71. The molecule has 3 rings (SSSR count). The third-order valence-electron chi connectivity index (χ3n) is 4.58. The lowest BCUT2D eigenvalue weighted by Crippen LogP contribution is -2.50. The van der Waals surface area contributed by atoms with Gasteiger partial charge in [-0.1, -0.05) is 37.6 Å². The highest BCUT2D eigenvalue weighted by Crippen LogP contribution is 2.21. The molecule has 0 spiro atoms. The number of piperidine rings is 1. The van der Waals surface area contributed by atoms with Gasteiger partial charge in [0, 0.05) is 19.0 Å². The number of hydrogen-bond acceptors (Lipinski definition) is 4. The van der Waals surface area contributed by atoms with Crippen molar-refractivity contribution >= 4 is 17.5 Å². The second-order valence-corrected chi connectivity index (χ2v) is 6.92. The largest absolute Gasteiger partial charge is 0.345 e. The number of halogens is 1. The van der Waals surface area contributed by atoms with Crippen LogP contribution >= 0.6 is 11.6 Å². The SMILES string of the molecule is CCCc1nc(C(=O)NC2CNCCC2C)nn1-c1ccccc1Cl. The van der Waals surface area contributed by atoms with E-state index in [1.807, 2.05) is 24.3 Å². The zero-order valence-electron chi connectivity index (χ0n) is 14.6. The van der Waals surface area contributed by atoms with Gasteiger partial charge in [-0.05, 0) is 37.4 Å². The van der Waals surface area contributed by atoms with Crippen molar-refractivity contribution in [2.75, 3.05) is 13.1 Å². The molecule has 1 fully saturated rings. The number of amides is 1. The summed E-state index contributed by atoms with van der Waals surface area (Å²) in [6.45, 7) is 6.00. The van der Waals surface area contributed by atoms with Crippen LogP contribution in [0.15, 0.2) is 24.3 Å². The zero-order chi connectivity index (χ0) is 17.8. The number of nitrogens with one attached hydrogen (secondary N) is 2. The standard InChI is InChI=1S/C18H24ClN5O/c1-3-6-16-22-17(18(25)21-14-11-20-10-9-12(14)2)23-24(16)15-8-5-4-7-13(15)19/h4-5,7-8,12,14,20H,3,6,9-11H2,1-2H3,(H,21,25). The van der Waals surface area contributed by atoms with Crippen molar-refractivity contribution in [1.82, 2.24) is 25.4 Å². The van der Waals surface area contributed by atoms with E-state index in [9.17, 15) is 4.79 Å². The molecule has 6 nitrogen and oxygen atoms in total. The average Bonchev–Trinajstić information content (AvgIpc) is 3.02. The molecule has 0 saturated carbocycles. The summed E-state index contributed by atoms with van der Waals surface area (Å²) in [6.07, 6.45) is 2.69. The van der Waals surface area contributed by atoms with Gasteiger partial charge in [-0.25, -0.2) is 9.67 Å². The summed E-state index contributed by atoms with van der Waals surface area (Å²) in [5, 5.41) is 11.4. The van der Waals surface area contributed by atoms with Gasteiger partial charge in [-0.2, -0.15) is 0 Å². The lowest BCUT2D eigenvalue weighted by molar-refractivity contribution is 0.0904. The van der Waals surface area contributed by atoms with E-state index in [2.05, 4.69) is 34.6 Å². The van der Waals surface area contributed by atoms with Crippen LogP contribution in [-0.2, 0) is 6.42 Å². The Bertz CT molecular complexity index is 745. The zero-order valence-corrected chi connectivity index (χ0v) is 15.4. The number of carbonyl (C=O) groups is 1. The van der Waals surface area contributed by atoms with Crippen LogP contribution in [-0.4, -0.2) is 39.8 Å². The van der Waals surface area contributed by atoms with Crippen molar-refractivity contribution in [1.29, 1.82) is 0 Å². The topological polar surface area (TPSA) is 71.8 Å². The Morgan fingerprint density at radius 3 is 2.96 bits per heavy atom. The second-order valence-electron chi connectivity index (χ2n) is 6.51. The minimum Gasteiger partial charge on any atom is -0.345 e. The molecule has 2 N–H and O–H groups in total. The Hall–Kier alpha value is -1.92. The lowest BCUT2D eigenvalue weighted by atomic mass is 9.95. The highest BCUT2D eigenvalue weighted by atomic mass is 35.5. The molecule has 25 heavy (non-hydrogen) atoms. The molecule has 0 bridgehead atoms.